The van der Waals surface area contributed by atoms with Gasteiger partial charge in [-0.25, -0.2) is 9.97 Å². The molecule has 0 aliphatic carbocycles. The molecule has 0 atom stereocenters. The lowest BCUT2D eigenvalue weighted by Crippen LogP contribution is -2.02. The third kappa shape index (κ3) is 5.33. The van der Waals surface area contributed by atoms with E-state index >= 15 is 0 Å². The highest BCUT2D eigenvalue weighted by atomic mass is 32.1. The quantitative estimate of drug-likeness (QED) is 0.173. The average molecular weight is 851 g/mol. The van der Waals surface area contributed by atoms with Crippen LogP contribution in [0.2, 0.25) is 0 Å². The van der Waals surface area contributed by atoms with Crippen LogP contribution in [0.25, 0.3) is 129 Å². The number of benzene rings is 9. The van der Waals surface area contributed by atoms with Crippen molar-refractivity contribution in [3.63, 3.8) is 0 Å². The summed E-state index contributed by atoms with van der Waals surface area (Å²) >= 11 is 3.61. The van der Waals surface area contributed by atoms with Crippen molar-refractivity contribution in [2.75, 3.05) is 0 Å². The van der Waals surface area contributed by atoms with E-state index in [2.05, 4.69) is 215 Å². The number of rotatable bonds is 5. The van der Waals surface area contributed by atoms with Crippen molar-refractivity contribution in [2.24, 2.45) is 0 Å². The minimum atomic E-state index is 0.659. The van der Waals surface area contributed by atoms with E-state index in [0.29, 0.717) is 5.95 Å². The minimum Gasteiger partial charge on any atom is -0.309 e. The summed E-state index contributed by atoms with van der Waals surface area (Å²) in [7, 11) is 0. The zero-order chi connectivity index (χ0) is 41.9. The van der Waals surface area contributed by atoms with Crippen molar-refractivity contribution in [3.8, 4) is 44.5 Å². The van der Waals surface area contributed by atoms with E-state index in [1.54, 1.807) is 11.3 Å². The molecule has 5 heterocycles. The van der Waals surface area contributed by atoms with Crippen molar-refractivity contribution in [1.29, 1.82) is 0 Å². The van der Waals surface area contributed by atoms with Crippen LogP contribution in [0.3, 0.4) is 0 Å². The van der Waals surface area contributed by atoms with Crippen molar-refractivity contribution >= 4 is 107 Å². The van der Waals surface area contributed by atoms with Crippen LogP contribution in [0, 0.1) is 0 Å². The molecule has 5 aromatic heterocycles. The topological polar surface area (TPSA) is 35.6 Å². The Balaban J connectivity index is 1.04. The predicted molar refractivity (Wildman–Crippen MR) is 273 cm³/mol. The van der Waals surface area contributed by atoms with Crippen molar-refractivity contribution in [2.45, 2.75) is 0 Å². The maximum absolute atomic E-state index is 5.62. The summed E-state index contributed by atoms with van der Waals surface area (Å²) in [6.45, 7) is 0. The first-order chi connectivity index (χ1) is 31.7. The summed E-state index contributed by atoms with van der Waals surface area (Å²) in [5.74, 6) is 0.659. The Morgan fingerprint density at radius 3 is 1.92 bits per heavy atom. The molecule has 0 fully saturated rings. The average Bonchev–Trinajstić information content (AvgIpc) is 4.12. The molecule has 0 aliphatic heterocycles. The molecular weight excluding hydrogens is 817 g/mol. The van der Waals surface area contributed by atoms with Gasteiger partial charge in [0.05, 0.1) is 38.0 Å². The molecule has 4 nitrogen and oxygen atoms in total. The molecule has 0 bridgehead atoms. The lowest BCUT2D eigenvalue weighted by molar-refractivity contribution is 1.02. The van der Waals surface area contributed by atoms with E-state index in [9.17, 15) is 0 Å². The second kappa shape index (κ2) is 13.8. The molecule has 0 saturated heterocycles. The molecule has 0 N–H and O–H groups in total. The van der Waals surface area contributed by atoms with Gasteiger partial charge >= 0.3 is 0 Å². The summed E-state index contributed by atoms with van der Waals surface area (Å²) < 4.78 is 8.34. The summed E-state index contributed by atoms with van der Waals surface area (Å²) in [5, 5.41) is 9.72. The summed E-state index contributed by atoms with van der Waals surface area (Å²) in [4.78, 5) is 12.3. The molecule has 14 rings (SSSR count). The fraction of sp³-hybridized carbons (Fsp3) is 0. The summed E-state index contributed by atoms with van der Waals surface area (Å²) in [6.07, 6.45) is 0. The third-order valence-electron chi connectivity index (χ3n) is 12.9. The Bertz CT molecular complexity index is 4190. The Morgan fingerprint density at radius 1 is 0.375 bits per heavy atom. The van der Waals surface area contributed by atoms with Gasteiger partial charge in [-0.2, -0.15) is 0 Å². The smallest absolute Gasteiger partial charge is 0.235 e. The molecule has 0 spiro atoms. The third-order valence-corrected chi connectivity index (χ3v) is 15.3. The molecule has 0 radical (unpaired) electrons. The van der Waals surface area contributed by atoms with E-state index in [1.165, 1.54) is 79.7 Å². The molecule has 0 saturated carbocycles. The van der Waals surface area contributed by atoms with Gasteiger partial charge in [0, 0.05) is 57.8 Å². The monoisotopic (exact) mass is 850 g/mol. The second-order valence-corrected chi connectivity index (χ2v) is 18.7. The van der Waals surface area contributed by atoms with Crippen LogP contribution in [-0.2, 0) is 0 Å². The lowest BCUT2D eigenvalue weighted by atomic mass is 9.97. The fourth-order valence-electron chi connectivity index (χ4n) is 10.0. The highest BCUT2D eigenvalue weighted by Gasteiger charge is 2.22. The number of thiophene rings is 2. The largest absolute Gasteiger partial charge is 0.309 e. The Hall–Kier alpha value is -7.90. The van der Waals surface area contributed by atoms with Crippen molar-refractivity contribution < 1.29 is 0 Å². The SMILES string of the molecule is c1ccc(-c2cc3nc(-n4c5ccc(-c6cccc7c6c6ccccc6n7-c6ccccc6)cc5c5cc6ccccc6cc54)nc(-c4ccc5sc6ccccc6c5c4)c3s2)cc1. The van der Waals surface area contributed by atoms with Crippen molar-refractivity contribution in [3.05, 3.63) is 206 Å². The molecule has 9 aromatic carbocycles. The Kier molecular flexibility index (Phi) is 7.69. The van der Waals surface area contributed by atoms with Gasteiger partial charge in [-0.3, -0.25) is 4.57 Å². The minimum absolute atomic E-state index is 0.659. The van der Waals surface area contributed by atoms with Crippen LogP contribution in [0.5, 0.6) is 0 Å². The molecule has 14 aromatic rings. The molecule has 0 amide bonds. The summed E-state index contributed by atoms with van der Waals surface area (Å²) in [6, 6.07) is 74.9. The number of nitrogens with zero attached hydrogens (tertiary/aromatic N) is 4. The normalized spacial score (nSPS) is 12.1. The first-order valence-corrected chi connectivity index (χ1v) is 23.2. The van der Waals surface area contributed by atoms with E-state index in [4.69, 9.17) is 9.97 Å². The van der Waals surface area contributed by atoms with Gasteiger partial charge in [0.15, 0.2) is 0 Å². The van der Waals surface area contributed by atoms with Gasteiger partial charge < -0.3 is 4.57 Å². The molecule has 64 heavy (non-hydrogen) atoms. The Labute approximate surface area is 375 Å². The fourth-order valence-corrected chi connectivity index (χ4v) is 12.2. The molecule has 6 heteroatoms. The van der Waals surface area contributed by atoms with Crippen LogP contribution in [0.1, 0.15) is 0 Å². The predicted octanol–water partition coefficient (Wildman–Crippen LogP) is 16.4. The lowest BCUT2D eigenvalue weighted by Gasteiger charge is -2.11. The van der Waals surface area contributed by atoms with Gasteiger partial charge in [-0.1, -0.05) is 133 Å². The Morgan fingerprint density at radius 2 is 1.05 bits per heavy atom. The van der Waals surface area contributed by atoms with Gasteiger partial charge in [0.2, 0.25) is 5.95 Å². The number of hydrogen-bond acceptors (Lipinski definition) is 4. The van der Waals surface area contributed by atoms with Crippen LogP contribution >= 0.6 is 22.7 Å². The van der Waals surface area contributed by atoms with Gasteiger partial charge in [-0.05, 0) is 100 Å². The molecule has 0 unspecified atom stereocenters. The number of hydrogen-bond donors (Lipinski definition) is 0. The van der Waals surface area contributed by atoms with E-state index in [-0.39, 0.29) is 0 Å². The first-order valence-electron chi connectivity index (χ1n) is 21.6. The van der Waals surface area contributed by atoms with Gasteiger partial charge in [-0.15, -0.1) is 22.7 Å². The van der Waals surface area contributed by atoms with E-state index in [0.717, 1.165) is 43.6 Å². The van der Waals surface area contributed by atoms with Crippen LogP contribution in [0.4, 0.5) is 0 Å². The summed E-state index contributed by atoms with van der Waals surface area (Å²) in [5.41, 5.74) is 12.2. The van der Waals surface area contributed by atoms with Crippen LogP contribution in [-0.4, -0.2) is 19.1 Å². The van der Waals surface area contributed by atoms with Crippen LogP contribution < -0.4 is 0 Å². The maximum atomic E-state index is 5.62. The molecule has 298 valence electrons. The van der Waals surface area contributed by atoms with Gasteiger partial charge in [0.25, 0.3) is 0 Å². The van der Waals surface area contributed by atoms with E-state index < -0.39 is 0 Å². The highest BCUT2D eigenvalue weighted by molar-refractivity contribution is 7.25. The maximum Gasteiger partial charge on any atom is 0.235 e. The standard InChI is InChI=1S/C58H34N4S2/c1-3-14-35(15-4-1)54-34-47-57(64-54)56(39-27-29-53-46(32-39)42-20-10-12-25-52(42)63-53)60-58(59-47)62-49-28-26-38(31-44(49)45-30-36-16-7-8-17-37(36)33-51(45)62)41-22-13-24-50-55(41)43-21-9-11-23-48(43)61(50)40-18-5-2-6-19-40/h1-34H. The molecule has 0 aliphatic rings. The number of para-hydroxylation sites is 2. The zero-order valence-corrected chi connectivity index (χ0v) is 35.9. The van der Waals surface area contributed by atoms with Gasteiger partial charge in [0.1, 0.15) is 0 Å². The first kappa shape index (κ1) is 35.7. The van der Waals surface area contributed by atoms with Crippen LogP contribution in [0.15, 0.2) is 206 Å². The highest BCUT2D eigenvalue weighted by Crippen LogP contribution is 2.44. The number of fused-ring (bicyclic) bond motifs is 11. The molecular formula is C58H34N4S2. The second-order valence-electron chi connectivity index (χ2n) is 16.5. The van der Waals surface area contributed by atoms with E-state index in [1.807, 2.05) is 11.3 Å². The van der Waals surface area contributed by atoms with Crippen molar-refractivity contribution in [1.82, 2.24) is 19.1 Å². The zero-order valence-electron chi connectivity index (χ0n) is 34.2. The number of aromatic nitrogens is 4.